The van der Waals surface area contributed by atoms with Crippen molar-refractivity contribution in [3.05, 3.63) is 29.8 Å². The van der Waals surface area contributed by atoms with Crippen molar-refractivity contribution in [3.63, 3.8) is 0 Å². The summed E-state index contributed by atoms with van der Waals surface area (Å²) in [7, 11) is 0. The molecule has 0 amide bonds. The minimum Gasteiger partial charge on any atom is -0.427 e. The molecule has 3 nitrogen and oxygen atoms in total. The van der Waals surface area contributed by atoms with Crippen molar-refractivity contribution in [1.29, 1.82) is 0 Å². The smallest absolute Gasteiger partial charge is 0.311 e. The second kappa shape index (κ2) is 24.0. The molecule has 1 atom stereocenters. The minimum atomic E-state index is -0.0923. The molecule has 1 rings (SSSR count). The van der Waals surface area contributed by atoms with Gasteiger partial charge in [0.1, 0.15) is 5.75 Å². The molecule has 0 bridgehead atoms. The number of rotatable bonds is 25. The Morgan fingerprint density at radius 1 is 0.694 bits per heavy atom. The molecule has 0 aliphatic heterocycles. The molecular formula is C33H58O3. The predicted molar refractivity (Wildman–Crippen MR) is 155 cm³/mol. The summed E-state index contributed by atoms with van der Waals surface area (Å²) >= 11 is 0. The van der Waals surface area contributed by atoms with E-state index in [1.807, 2.05) is 18.2 Å². The summed E-state index contributed by atoms with van der Waals surface area (Å²) < 4.78 is 5.60. The van der Waals surface area contributed by atoms with Gasteiger partial charge in [0.05, 0.1) is 6.10 Å². The minimum absolute atomic E-state index is 0.0763. The van der Waals surface area contributed by atoms with Crippen LogP contribution in [0.3, 0.4) is 0 Å². The van der Waals surface area contributed by atoms with Gasteiger partial charge in [0.15, 0.2) is 0 Å². The maximum atomic E-state index is 12.2. The maximum Gasteiger partial charge on any atom is 0.311 e. The normalized spacial score (nSPS) is 12.1. The lowest BCUT2D eigenvalue weighted by Crippen LogP contribution is -2.07. The molecule has 3 heteroatoms. The molecule has 0 fully saturated rings. The highest BCUT2D eigenvalue weighted by Gasteiger charge is 2.06. The number of benzene rings is 1. The lowest BCUT2D eigenvalue weighted by atomic mass is 10.0. The van der Waals surface area contributed by atoms with Crippen molar-refractivity contribution in [2.45, 2.75) is 168 Å². The molecule has 0 spiro atoms. The van der Waals surface area contributed by atoms with Crippen LogP contribution in [0.2, 0.25) is 0 Å². The lowest BCUT2D eigenvalue weighted by Gasteiger charge is -2.08. The van der Waals surface area contributed by atoms with E-state index in [4.69, 9.17) is 4.74 Å². The first-order valence-corrected chi connectivity index (χ1v) is 15.6. The average Bonchev–Trinajstić information content (AvgIpc) is 2.86. The molecule has 1 aromatic carbocycles. The van der Waals surface area contributed by atoms with Crippen molar-refractivity contribution in [3.8, 4) is 5.75 Å². The number of aryl methyl sites for hydroxylation is 1. The fraction of sp³-hybridized carbons (Fsp3) is 0.788. The summed E-state index contributed by atoms with van der Waals surface area (Å²) in [5.74, 6) is 0.614. The zero-order valence-electron chi connectivity index (χ0n) is 23.9. The highest BCUT2D eigenvalue weighted by Crippen LogP contribution is 2.18. The van der Waals surface area contributed by atoms with E-state index in [1.54, 1.807) is 0 Å². The van der Waals surface area contributed by atoms with Crippen molar-refractivity contribution in [1.82, 2.24) is 0 Å². The van der Waals surface area contributed by atoms with Crippen molar-refractivity contribution in [2.75, 3.05) is 0 Å². The zero-order valence-corrected chi connectivity index (χ0v) is 23.9. The van der Waals surface area contributed by atoms with Crippen molar-refractivity contribution < 1.29 is 14.6 Å². The Morgan fingerprint density at radius 3 is 1.86 bits per heavy atom. The molecule has 0 aliphatic rings. The number of carbonyl (C=O) groups excluding carboxylic acids is 1. The van der Waals surface area contributed by atoms with E-state index in [9.17, 15) is 9.90 Å². The van der Waals surface area contributed by atoms with E-state index in [0.29, 0.717) is 12.2 Å². The Morgan fingerprint density at radius 2 is 1.25 bits per heavy atom. The van der Waals surface area contributed by atoms with Crippen LogP contribution in [0.15, 0.2) is 24.3 Å². The van der Waals surface area contributed by atoms with E-state index < -0.39 is 0 Å². The fourth-order valence-electron chi connectivity index (χ4n) is 4.95. The average molecular weight is 503 g/mol. The molecule has 1 N–H and O–H groups in total. The van der Waals surface area contributed by atoms with Crippen LogP contribution >= 0.6 is 0 Å². The largest absolute Gasteiger partial charge is 0.427 e. The Hall–Kier alpha value is -1.35. The number of esters is 1. The number of carbonyl (C=O) groups is 1. The van der Waals surface area contributed by atoms with E-state index in [1.165, 1.54) is 108 Å². The maximum absolute atomic E-state index is 12.2. The zero-order chi connectivity index (χ0) is 26.1. The van der Waals surface area contributed by atoms with Crippen LogP contribution in [0.25, 0.3) is 0 Å². The molecule has 36 heavy (non-hydrogen) atoms. The summed E-state index contributed by atoms with van der Waals surface area (Å²) in [6.07, 6.45) is 27.4. The van der Waals surface area contributed by atoms with Crippen LogP contribution in [0.4, 0.5) is 0 Å². The fourth-order valence-corrected chi connectivity index (χ4v) is 4.95. The van der Waals surface area contributed by atoms with Gasteiger partial charge in [-0.25, -0.2) is 0 Å². The Labute approximate surface area is 223 Å². The summed E-state index contributed by atoms with van der Waals surface area (Å²) in [4.78, 5) is 12.2. The number of hydrogen-bond donors (Lipinski definition) is 1. The number of ether oxygens (including phenoxy) is 1. The number of aliphatic hydroxyl groups excluding tert-OH is 1. The SMILES string of the molecule is CCCCCCCCCc1cccc(OC(=O)CCCCCCCCCCCCCC(O)CCC)c1. The highest BCUT2D eigenvalue weighted by molar-refractivity contribution is 5.72. The lowest BCUT2D eigenvalue weighted by molar-refractivity contribution is -0.134. The summed E-state index contributed by atoms with van der Waals surface area (Å²) in [5.41, 5.74) is 1.28. The Balaban J connectivity index is 1.95. The molecule has 0 aromatic heterocycles. The molecule has 0 saturated heterocycles. The summed E-state index contributed by atoms with van der Waals surface area (Å²) in [6.45, 7) is 4.39. The third-order valence-electron chi connectivity index (χ3n) is 7.24. The molecule has 1 unspecified atom stereocenters. The number of aliphatic hydroxyl groups is 1. The topological polar surface area (TPSA) is 46.5 Å². The third kappa shape index (κ3) is 19.8. The number of unbranched alkanes of at least 4 members (excludes halogenated alkanes) is 16. The van der Waals surface area contributed by atoms with Gasteiger partial charge in [-0.1, -0.05) is 135 Å². The summed E-state index contributed by atoms with van der Waals surface area (Å²) in [5, 5.41) is 9.75. The first-order valence-electron chi connectivity index (χ1n) is 15.6. The van der Waals surface area contributed by atoms with E-state index in [2.05, 4.69) is 19.9 Å². The standard InChI is InChI=1S/C33H58O3/c1-3-5-6-7-13-16-19-24-30-25-22-27-32(29-30)36-33(35)28-21-18-15-12-10-8-9-11-14-17-20-26-31(34)23-4-2/h22,25,27,29,31,34H,3-21,23-24,26,28H2,1-2H3. The van der Waals surface area contributed by atoms with Gasteiger partial charge in [-0.15, -0.1) is 0 Å². The molecule has 0 heterocycles. The van der Waals surface area contributed by atoms with Crippen LogP contribution in [-0.4, -0.2) is 17.2 Å². The van der Waals surface area contributed by atoms with Gasteiger partial charge in [-0.3, -0.25) is 4.79 Å². The number of hydrogen-bond acceptors (Lipinski definition) is 3. The summed E-state index contributed by atoms with van der Waals surface area (Å²) in [6, 6.07) is 8.11. The van der Waals surface area contributed by atoms with Gasteiger partial charge in [-0.2, -0.15) is 0 Å². The van der Waals surface area contributed by atoms with Gasteiger partial charge < -0.3 is 9.84 Å². The van der Waals surface area contributed by atoms with Crippen molar-refractivity contribution >= 4 is 5.97 Å². The second-order valence-electron chi connectivity index (χ2n) is 10.9. The predicted octanol–water partition coefficient (Wildman–Crippen LogP) is 10.1. The van der Waals surface area contributed by atoms with Gasteiger partial charge >= 0.3 is 5.97 Å². The quantitative estimate of drug-likeness (QED) is 0.0821. The second-order valence-corrected chi connectivity index (χ2v) is 10.9. The van der Waals surface area contributed by atoms with Crippen LogP contribution in [0.5, 0.6) is 5.75 Å². The van der Waals surface area contributed by atoms with Gasteiger partial charge in [0.2, 0.25) is 0 Å². The van der Waals surface area contributed by atoms with E-state index in [0.717, 1.165) is 38.5 Å². The van der Waals surface area contributed by atoms with Crippen LogP contribution in [0.1, 0.15) is 161 Å². The molecule has 0 aliphatic carbocycles. The first-order chi connectivity index (χ1) is 17.7. The Bertz CT molecular complexity index is 627. The Kier molecular flexibility index (Phi) is 21.8. The van der Waals surface area contributed by atoms with Gasteiger partial charge in [-0.05, 0) is 49.8 Å². The molecule has 0 radical (unpaired) electrons. The van der Waals surface area contributed by atoms with Crippen LogP contribution in [-0.2, 0) is 11.2 Å². The third-order valence-corrected chi connectivity index (χ3v) is 7.24. The van der Waals surface area contributed by atoms with Crippen LogP contribution < -0.4 is 4.74 Å². The van der Waals surface area contributed by atoms with Crippen molar-refractivity contribution in [2.24, 2.45) is 0 Å². The molecule has 1 aromatic rings. The first kappa shape index (κ1) is 32.7. The molecule has 0 saturated carbocycles. The highest BCUT2D eigenvalue weighted by atomic mass is 16.5. The van der Waals surface area contributed by atoms with E-state index >= 15 is 0 Å². The van der Waals surface area contributed by atoms with Gasteiger partial charge in [0.25, 0.3) is 0 Å². The molecule has 208 valence electrons. The van der Waals surface area contributed by atoms with Crippen LogP contribution in [0, 0.1) is 0 Å². The van der Waals surface area contributed by atoms with Gasteiger partial charge in [0, 0.05) is 6.42 Å². The monoisotopic (exact) mass is 502 g/mol. The molecular weight excluding hydrogens is 444 g/mol. The van der Waals surface area contributed by atoms with E-state index in [-0.39, 0.29) is 12.1 Å².